The second-order valence-electron chi connectivity index (χ2n) is 2.79. The highest BCUT2D eigenvalue weighted by Crippen LogP contribution is 2.31. The zero-order valence-electron chi connectivity index (χ0n) is 7.68. The first-order valence-corrected chi connectivity index (χ1v) is 7.75. The van der Waals surface area contributed by atoms with Crippen LogP contribution in [0.15, 0.2) is 10.5 Å². The van der Waals surface area contributed by atoms with Crippen molar-refractivity contribution >= 4 is 49.7 Å². The van der Waals surface area contributed by atoms with E-state index in [1.165, 1.54) is 4.88 Å². The van der Waals surface area contributed by atoms with E-state index in [-0.39, 0.29) is 0 Å². The van der Waals surface area contributed by atoms with Crippen molar-refractivity contribution < 1.29 is 4.21 Å². The molecule has 0 amide bonds. The summed E-state index contributed by atoms with van der Waals surface area (Å²) in [5, 5.41) is 3.21. The third-order valence-electron chi connectivity index (χ3n) is 1.56. The molecule has 0 aliphatic rings. The fourth-order valence-electron chi connectivity index (χ4n) is 0.906. The van der Waals surface area contributed by atoms with Gasteiger partial charge < -0.3 is 5.32 Å². The standard InChI is InChI=1S/C8H11BrClNOS2/c1-14(12)3-2-11-5-6-4-7(9)8(10)13-6/h4,11H,2-3,5H2,1H3. The van der Waals surface area contributed by atoms with Gasteiger partial charge in [-0.05, 0) is 22.0 Å². The van der Waals surface area contributed by atoms with Gasteiger partial charge in [0.1, 0.15) is 4.34 Å². The molecule has 0 fully saturated rings. The van der Waals surface area contributed by atoms with Crippen molar-refractivity contribution in [3.05, 3.63) is 19.8 Å². The summed E-state index contributed by atoms with van der Waals surface area (Å²) in [6.07, 6.45) is 1.71. The van der Waals surface area contributed by atoms with Crippen LogP contribution in [-0.4, -0.2) is 22.8 Å². The highest BCUT2D eigenvalue weighted by Gasteiger charge is 2.03. The van der Waals surface area contributed by atoms with Crippen LogP contribution in [0.3, 0.4) is 0 Å². The van der Waals surface area contributed by atoms with Gasteiger partial charge in [-0.15, -0.1) is 11.3 Å². The van der Waals surface area contributed by atoms with E-state index in [1.807, 2.05) is 6.07 Å². The quantitative estimate of drug-likeness (QED) is 0.846. The largest absolute Gasteiger partial charge is 0.311 e. The van der Waals surface area contributed by atoms with Crippen LogP contribution >= 0.6 is 38.9 Å². The third-order valence-corrected chi connectivity index (χ3v) is 4.82. The number of hydrogen-bond donors (Lipinski definition) is 1. The van der Waals surface area contributed by atoms with E-state index in [0.29, 0.717) is 5.75 Å². The monoisotopic (exact) mass is 315 g/mol. The number of hydrogen-bond acceptors (Lipinski definition) is 3. The van der Waals surface area contributed by atoms with E-state index in [2.05, 4.69) is 21.2 Å². The van der Waals surface area contributed by atoms with Crippen molar-refractivity contribution in [2.75, 3.05) is 18.6 Å². The van der Waals surface area contributed by atoms with Crippen LogP contribution < -0.4 is 5.32 Å². The molecule has 1 aromatic heterocycles. The Morgan fingerprint density at radius 3 is 2.93 bits per heavy atom. The maximum atomic E-state index is 10.8. The summed E-state index contributed by atoms with van der Waals surface area (Å²) >= 11 is 10.8. The van der Waals surface area contributed by atoms with Crippen LogP contribution in [0.1, 0.15) is 4.88 Å². The van der Waals surface area contributed by atoms with Crippen LogP contribution in [-0.2, 0) is 17.3 Å². The van der Waals surface area contributed by atoms with Crippen LogP contribution in [0.2, 0.25) is 4.34 Å². The minimum absolute atomic E-state index is 0.695. The summed E-state index contributed by atoms with van der Waals surface area (Å²) in [7, 11) is -0.717. The van der Waals surface area contributed by atoms with Gasteiger partial charge in [0.05, 0.1) is 0 Å². The lowest BCUT2D eigenvalue weighted by atomic mass is 10.4. The Balaban J connectivity index is 2.28. The number of nitrogens with one attached hydrogen (secondary N) is 1. The summed E-state index contributed by atoms with van der Waals surface area (Å²) in [5.74, 6) is 0.695. The van der Waals surface area contributed by atoms with Crippen molar-refractivity contribution in [1.82, 2.24) is 5.32 Å². The molecule has 0 saturated heterocycles. The first-order chi connectivity index (χ1) is 6.59. The summed E-state index contributed by atoms with van der Waals surface area (Å²) < 4.78 is 12.5. The molecule has 1 rings (SSSR count). The molecule has 1 unspecified atom stereocenters. The molecule has 0 bridgehead atoms. The second kappa shape index (κ2) is 6.23. The Kier molecular flexibility index (Phi) is 5.62. The van der Waals surface area contributed by atoms with Gasteiger partial charge in [0.25, 0.3) is 0 Å². The van der Waals surface area contributed by atoms with Crippen molar-refractivity contribution in [1.29, 1.82) is 0 Å². The minimum atomic E-state index is -0.717. The summed E-state index contributed by atoms with van der Waals surface area (Å²) in [4.78, 5) is 1.18. The highest BCUT2D eigenvalue weighted by atomic mass is 79.9. The maximum Gasteiger partial charge on any atom is 0.107 e. The van der Waals surface area contributed by atoms with Gasteiger partial charge in [0, 0.05) is 45.2 Å². The van der Waals surface area contributed by atoms with Crippen LogP contribution in [0.4, 0.5) is 0 Å². The summed E-state index contributed by atoms with van der Waals surface area (Å²) in [6.45, 7) is 1.56. The Morgan fingerprint density at radius 1 is 1.71 bits per heavy atom. The number of halogens is 2. The molecule has 0 radical (unpaired) electrons. The van der Waals surface area contributed by atoms with Gasteiger partial charge >= 0.3 is 0 Å². The second-order valence-corrected chi connectivity index (χ2v) is 6.94. The number of rotatable bonds is 5. The fraction of sp³-hybridized carbons (Fsp3) is 0.500. The van der Waals surface area contributed by atoms with Crippen LogP contribution in [0.25, 0.3) is 0 Å². The Bertz CT molecular complexity index is 310. The molecule has 14 heavy (non-hydrogen) atoms. The first-order valence-electron chi connectivity index (χ1n) is 4.04. The smallest absolute Gasteiger partial charge is 0.107 e. The zero-order valence-corrected chi connectivity index (χ0v) is 11.7. The first kappa shape index (κ1) is 12.6. The average molecular weight is 317 g/mol. The molecule has 0 aliphatic carbocycles. The lowest BCUT2D eigenvalue weighted by Crippen LogP contribution is -2.18. The molecule has 1 aromatic rings. The van der Waals surface area contributed by atoms with Gasteiger partial charge in [0.2, 0.25) is 0 Å². The van der Waals surface area contributed by atoms with E-state index in [1.54, 1.807) is 17.6 Å². The predicted molar refractivity (Wildman–Crippen MR) is 67.7 cm³/mol. The molecule has 1 atom stereocenters. The SMILES string of the molecule is CS(=O)CCNCc1cc(Br)c(Cl)s1. The minimum Gasteiger partial charge on any atom is -0.311 e. The van der Waals surface area contributed by atoms with Crippen LogP contribution in [0, 0.1) is 0 Å². The molecule has 80 valence electrons. The maximum absolute atomic E-state index is 10.8. The highest BCUT2D eigenvalue weighted by molar-refractivity contribution is 9.10. The van der Waals surface area contributed by atoms with Gasteiger partial charge in [-0.25, -0.2) is 0 Å². The molecule has 1 N–H and O–H groups in total. The lowest BCUT2D eigenvalue weighted by molar-refractivity contribution is 0.678. The van der Waals surface area contributed by atoms with Gasteiger partial charge in [0.15, 0.2) is 0 Å². The van der Waals surface area contributed by atoms with E-state index >= 15 is 0 Å². The topological polar surface area (TPSA) is 29.1 Å². The zero-order chi connectivity index (χ0) is 10.6. The molecular weight excluding hydrogens is 306 g/mol. The normalized spacial score (nSPS) is 13.1. The van der Waals surface area contributed by atoms with Gasteiger partial charge in [-0.1, -0.05) is 11.6 Å². The Morgan fingerprint density at radius 2 is 2.43 bits per heavy atom. The van der Waals surface area contributed by atoms with Gasteiger partial charge in [-0.3, -0.25) is 4.21 Å². The summed E-state index contributed by atoms with van der Waals surface area (Å²) in [6, 6.07) is 2.00. The van der Waals surface area contributed by atoms with Crippen molar-refractivity contribution in [2.45, 2.75) is 6.54 Å². The molecule has 0 saturated carbocycles. The molecule has 0 aromatic carbocycles. The fourth-order valence-corrected chi connectivity index (χ4v) is 3.10. The van der Waals surface area contributed by atoms with E-state index < -0.39 is 10.8 Å². The Hall–Kier alpha value is 0.580. The molecule has 0 spiro atoms. The molecule has 1 heterocycles. The Labute approximate surface area is 104 Å². The molecule has 0 aliphatic heterocycles. The molecular formula is C8H11BrClNOS2. The predicted octanol–water partition coefficient (Wildman–Crippen LogP) is 2.63. The van der Waals surface area contributed by atoms with E-state index in [9.17, 15) is 4.21 Å². The number of thiophene rings is 1. The average Bonchev–Trinajstić information content (AvgIpc) is 2.40. The van der Waals surface area contributed by atoms with Crippen molar-refractivity contribution in [3.63, 3.8) is 0 Å². The van der Waals surface area contributed by atoms with Crippen LogP contribution in [0.5, 0.6) is 0 Å². The van der Waals surface area contributed by atoms with E-state index in [0.717, 1.165) is 21.9 Å². The molecule has 6 heteroatoms. The molecule has 2 nitrogen and oxygen atoms in total. The lowest BCUT2D eigenvalue weighted by Gasteiger charge is -1.99. The van der Waals surface area contributed by atoms with Gasteiger partial charge in [-0.2, -0.15) is 0 Å². The van der Waals surface area contributed by atoms with Crippen molar-refractivity contribution in [2.24, 2.45) is 0 Å². The summed E-state index contributed by atoms with van der Waals surface area (Å²) in [5.41, 5.74) is 0. The third kappa shape index (κ3) is 4.40. The van der Waals surface area contributed by atoms with Crippen molar-refractivity contribution in [3.8, 4) is 0 Å². The van der Waals surface area contributed by atoms with E-state index in [4.69, 9.17) is 11.6 Å².